The summed E-state index contributed by atoms with van der Waals surface area (Å²) in [6, 6.07) is 8.35. The molecule has 0 aliphatic carbocycles. The first-order valence-corrected chi connectivity index (χ1v) is 7.01. The monoisotopic (exact) mass is 261 g/mol. The van der Waals surface area contributed by atoms with E-state index in [4.69, 9.17) is 5.73 Å². The molecule has 0 spiro atoms. The van der Waals surface area contributed by atoms with Gasteiger partial charge in [0.25, 0.3) is 0 Å². The summed E-state index contributed by atoms with van der Waals surface area (Å²) in [4.78, 5) is 1.24. The summed E-state index contributed by atoms with van der Waals surface area (Å²) in [6.45, 7) is 7.14. The fourth-order valence-electron chi connectivity index (χ4n) is 1.82. The minimum Gasteiger partial charge on any atom is -0.395 e. The summed E-state index contributed by atoms with van der Waals surface area (Å²) < 4.78 is 2.02. The largest absolute Gasteiger partial charge is 0.395 e. The number of aromatic nitrogens is 2. The fourth-order valence-corrected chi connectivity index (χ4v) is 2.90. The zero-order chi connectivity index (χ0) is 13.1. The van der Waals surface area contributed by atoms with Crippen molar-refractivity contribution in [3.63, 3.8) is 0 Å². The Morgan fingerprint density at radius 2 is 2.00 bits per heavy atom. The van der Waals surface area contributed by atoms with Gasteiger partial charge in [0.15, 0.2) is 0 Å². The van der Waals surface area contributed by atoms with Crippen LogP contribution >= 0.6 is 11.8 Å². The van der Waals surface area contributed by atoms with Crippen molar-refractivity contribution in [2.45, 2.75) is 43.7 Å². The van der Waals surface area contributed by atoms with Crippen molar-refractivity contribution < 1.29 is 0 Å². The Kier molecular flexibility index (Phi) is 3.97. The Balaban J connectivity index is 2.36. The van der Waals surface area contributed by atoms with Gasteiger partial charge in [0.1, 0.15) is 5.03 Å². The number of nitrogens with zero attached hydrogens (tertiary/aromatic N) is 2. The lowest BCUT2D eigenvalue weighted by molar-refractivity contribution is 0.556. The molecule has 18 heavy (non-hydrogen) atoms. The Bertz CT molecular complexity index is 546. The Hall–Kier alpha value is -1.42. The number of nitrogen functional groups attached to an aromatic ring is 1. The van der Waals surface area contributed by atoms with Crippen molar-refractivity contribution in [1.82, 2.24) is 9.78 Å². The van der Waals surface area contributed by atoms with E-state index in [1.165, 1.54) is 10.5 Å². The smallest absolute Gasteiger partial charge is 0.122 e. The zero-order valence-corrected chi connectivity index (χ0v) is 11.9. The van der Waals surface area contributed by atoms with E-state index < -0.39 is 0 Å². The van der Waals surface area contributed by atoms with Crippen LogP contribution in [0.15, 0.2) is 34.2 Å². The molecule has 1 heterocycles. The predicted molar refractivity (Wildman–Crippen MR) is 77.0 cm³/mol. The third-order valence-corrected chi connectivity index (χ3v) is 4.16. The van der Waals surface area contributed by atoms with Crippen LogP contribution in [0, 0.1) is 13.8 Å². The van der Waals surface area contributed by atoms with Crippen LogP contribution in [-0.2, 0) is 6.54 Å². The van der Waals surface area contributed by atoms with Gasteiger partial charge in [0.2, 0.25) is 0 Å². The van der Waals surface area contributed by atoms with E-state index in [1.807, 2.05) is 11.6 Å². The molecule has 96 valence electrons. The molecule has 0 saturated carbocycles. The summed E-state index contributed by atoms with van der Waals surface area (Å²) in [5.41, 5.74) is 9.11. The van der Waals surface area contributed by atoms with E-state index in [9.17, 15) is 0 Å². The number of hydrogen-bond donors (Lipinski definition) is 1. The molecule has 0 radical (unpaired) electrons. The number of anilines is 1. The second-order valence-electron chi connectivity index (χ2n) is 4.39. The molecular formula is C14H19N3S. The summed E-state index contributed by atoms with van der Waals surface area (Å²) in [6.07, 6.45) is 1.06. The van der Waals surface area contributed by atoms with Gasteiger partial charge in [-0.2, -0.15) is 5.10 Å². The first kappa shape index (κ1) is 13.0. The molecule has 0 unspecified atom stereocenters. The van der Waals surface area contributed by atoms with Crippen LogP contribution in [0.1, 0.15) is 24.6 Å². The van der Waals surface area contributed by atoms with E-state index in [-0.39, 0.29) is 0 Å². The molecule has 0 amide bonds. The normalized spacial score (nSPS) is 10.8. The Labute approximate surface area is 112 Å². The summed E-state index contributed by atoms with van der Waals surface area (Å²) in [5, 5.41) is 5.56. The molecule has 0 atom stereocenters. The lowest BCUT2D eigenvalue weighted by Gasteiger charge is -2.08. The van der Waals surface area contributed by atoms with Gasteiger partial charge < -0.3 is 5.73 Å². The maximum Gasteiger partial charge on any atom is 0.122 e. The van der Waals surface area contributed by atoms with Crippen LogP contribution in [0.25, 0.3) is 0 Å². The quantitative estimate of drug-likeness (QED) is 0.913. The number of nitrogens with two attached hydrogens (primary N) is 1. The highest BCUT2D eigenvalue weighted by Gasteiger charge is 2.14. The average Bonchev–Trinajstić information content (AvgIpc) is 2.60. The molecule has 2 aromatic rings. The van der Waals surface area contributed by atoms with Crippen molar-refractivity contribution in [2.75, 3.05) is 5.73 Å². The van der Waals surface area contributed by atoms with E-state index in [2.05, 4.69) is 43.2 Å². The fraction of sp³-hybridized carbons (Fsp3) is 0.357. The first-order chi connectivity index (χ1) is 8.63. The van der Waals surface area contributed by atoms with Crippen molar-refractivity contribution in [1.29, 1.82) is 0 Å². The molecule has 2 N–H and O–H groups in total. The van der Waals surface area contributed by atoms with Crippen LogP contribution in [0.4, 0.5) is 5.69 Å². The number of aryl methyl sites for hydroxylation is 3. The molecule has 1 aromatic carbocycles. The van der Waals surface area contributed by atoms with Gasteiger partial charge in [0.05, 0.1) is 11.4 Å². The van der Waals surface area contributed by atoms with Crippen LogP contribution in [0.3, 0.4) is 0 Å². The van der Waals surface area contributed by atoms with E-state index >= 15 is 0 Å². The van der Waals surface area contributed by atoms with Crippen molar-refractivity contribution in [2.24, 2.45) is 0 Å². The zero-order valence-electron chi connectivity index (χ0n) is 11.1. The topological polar surface area (TPSA) is 43.8 Å². The summed E-state index contributed by atoms with van der Waals surface area (Å²) >= 11 is 1.70. The van der Waals surface area contributed by atoms with Crippen LogP contribution in [-0.4, -0.2) is 9.78 Å². The highest BCUT2D eigenvalue weighted by Crippen LogP contribution is 2.35. The maximum absolute atomic E-state index is 6.13. The molecule has 4 heteroatoms. The second kappa shape index (κ2) is 5.48. The lowest BCUT2D eigenvalue weighted by Crippen LogP contribution is -2.01. The molecule has 0 bridgehead atoms. The molecule has 1 aromatic heterocycles. The Morgan fingerprint density at radius 3 is 2.67 bits per heavy atom. The van der Waals surface area contributed by atoms with Crippen LogP contribution in [0.5, 0.6) is 0 Å². The van der Waals surface area contributed by atoms with E-state index in [1.54, 1.807) is 11.8 Å². The highest BCUT2D eigenvalue weighted by molar-refractivity contribution is 7.99. The standard InChI is InChI=1S/C14H19N3S/c1-4-9-17-14(13(15)11(3)16-17)18-12-8-6-5-7-10(12)2/h5-8H,4,9,15H2,1-3H3. The Morgan fingerprint density at radius 1 is 1.28 bits per heavy atom. The molecule has 0 saturated heterocycles. The minimum absolute atomic E-state index is 0.803. The van der Waals surface area contributed by atoms with Crippen molar-refractivity contribution >= 4 is 17.4 Å². The van der Waals surface area contributed by atoms with Gasteiger partial charge in [-0.3, -0.25) is 4.68 Å². The van der Waals surface area contributed by atoms with E-state index in [0.717, 1.165) is 29.4 Å². The molecule has 0 aliphatic rings. The van der Waals surface area contributed by atoms with Gasteiger partial charge in [-0.1, -0.05) is 36.9 Å². The first-order valence-electron chi connectivity index (χ1n) is 6.19. The third-order valence-electron chi connectivity index (χ3n) is 2.86. The third kappa shape index (κ3) is 2.53. The number of hydrogen-bond acceptors (Lipinski definition) is 3. The molecular weight excluding hydrogens is 242 g/mol. The summed E-state index contributed by atoms with van der Waals surface area (Å²) in [7, 11) is 0. The van der Waals surface area contributed by atoms with Crippen molar-refractivity contribution in [3.05, 3.63) is 35.5 Å². The van der Waals surface area contributed by atoms with Gasteiger partial charge in [-0.15, -0.1) is 0 Å². The van der Waals surface area contributed by atoms with Crippen LogP contribution < -0.4 is 5.73 Å². The van der Waals surface area contributed by atoms with Crippen LogP contribution in [0.2, 0.25) is 0 Å². The van der Waals surface area contributed by atoms with Gasteiger partial charge >= 0.3 is 0 Å². The SMILES string of the molecule is CCCn1nc(C)c(N)c1Sc1ccccc1C. The van der Waals surface area contributed by atoms with Crippen molar-refractivity contribution in [3.8, 4) is 0 Å². The van der Waals surface area contributed by atoms with Gasteiger partial charge in [-0.25, -0.2) is 0 Å². The average molecular weight is 261 g/mol. The molecule has 0 fully saturated rings. The lowest BCUT2D eigenvalue weighted by atomic mass is 10.2. The maximum atomic E-state index is 6.13. The number of rotatable bonds is 4. The molecule has 0 aliphatic heterocycles. The van der Waals surface area contributed by atoms with E-state index in [0.29, 0.717) is 0 Å². The highest BCUT2D eigenvalue weighted by atomic mass is 32.2. The number of benzene rings is 1. The molecule has 3 nitrogen and oxygen atoms in total. The van der Waals surface area contributed by atoms with Gasteiger partial charge in [-0.05, 0) is 31.9 Å². The summed E-state index contributed by atoms with van der Waals surface area (Å²) in [5.74, 6) is 0. The second-order valence-corrected chi connectivity index (χ2v) is 5.43. The predicted octanol–water partition coefficient (Wildman–Crippen LogP) is 3.64. The minimum atomic E-state index is 0.803. The molecule has 2 rings (SSSR count). The van der Waals surface area contributed by atoms with Gasteiger partial charge in [0, 0.05) is 11.4 Å².